The maximum absolute atomic E-state index is 12.5. The molecule has 0 fully saturated rings. The normalized spacial score (nSPS) is 11.2. The molecule has 1 heterocycles. The molecule has 0 atom stereocenters. The Bertz CT molecular complexity index is 956. The predicted octanol–water partition coefficient (Wildman–Crippen LogP) is 4.51. The summed E-state index contributed by atoms with van der Waals surface area (Å²) in [5, 5.41) is 0.490. The van der Waals surface area contributed by atoms with E-state index in [2.05, 4.69) is 9.71 Å². The largest absolute Gasteiger partial charge is 0.279 e. The first-order valence-corrected chi connectivity index (χ1v) is 9.11. The summed E-state index contributed by atoms with van der Waals surface area (Å²) >= 11 is 5.81. The molecular weight excluding hydrogens is 344 g/mol. The van der Waals surface area contributed by atoms with Gasteiger partial charge in [0.2, 0.25) is 0 Å². The van der Waals surface area contributed by atoms with Crippen LogP contribution in [0.2, 0.25) is 5.02 Å². The van der Waals surface area contributed by atoms with Gasteiger partial charge < -0.3 is 0 Å². The molecule has 0 unspecified atom stereocenters. The van der Waals surface area contributed by atoms with Crippen molar-refractivity contribution in [3.63, 3.8) is 0 Å². The number of rotatable bonds is 4. The lowest BCUT2D eigenvalue weighted by Crippen LogP contribution is -2.13. The third kappa shape index (κ3) is 3.58. The van der Waals surface area contributed by atoms with E-state index < -0.39 is 10.0 Å². The monoisotopic (exact) mass is 358 g/mol. The highest BCUT2D eigenvalue weighted by atomic mass is 35.5. The van der Waals surface area contributed by atoms with Crippen LogP contribution in [0.15, 0.2) is 71.9 Å². The van der Waals surface area contributed by atoms with Crippen LogP contribution in [-0.2, 0) is 10.0 Å². The van der Waals surface area contributed by atoms with Gasteiger partial charge in [0.15, 0.2) is 0 Å². The van der Waals surface area contributed by atoms with Crippen LogP contribution in [0.25, 0.3) is 11.1 Å². The Hall–Kier alpha value is -2.37. The van der Waals surface area contributed by atoms with Crippen molar-refractivity contribution in [3.8, 4) is 11.1 Å². The Kier molecular flexibility index (Phi) is 4.55. The molecule has 0 saturated carbocycles. The van der Waals surface area contributed by atoms with Crippen LogP contribution in [0.4, 0.5) is 5.69 Å². The third-order valence-electron chi connectivity index (χ3n) is 3.60. The van der Waals surface area contributed by atoms with E-state index in [9.17, 15) is 8.42 Å². The zero-order valence-electron chi connectivity index (χ0n) is 12.9. The van der Waals surface area contributed by atoms with Crippen molar-refractivity contribution >= 4 is 27.3 Å². The number of aryl methyl sites for hydroxylation is 1. The third-order valence-corrected chi connectivity index (χ3v) is 5.23. The average Bonchev–Trinajstić information content (AvgIpc) is 2.58. The number of nitrogens with zero attached hydrogens (tertiary/aromatic N) is 1. The summed E-state index contributed by atoms with van der Waals surface area (Å²) in [6.45, 7) is 1.85. The summed E-state index contributed by atoms with van der Waals surface area (Å²) in [6, 6.07) is 15.4. The molecule has 0 radical (unpaired) electrons. The lowest BCUT2D eigenvalue weighted by atomic mass is 10.0. The SMILES string of the molecule is Cc1ccc(-c2cccnc2)cc1NS(=O)(=O)c1ccc(Cl)cc1. The Balaban J connectivity index is 1.96. The van der Waals surface area contributed by atoms with Crippen LogP contribution in [0.5, 0.6) is 0 Å². The number of sulfonamides is 1. The average molecular weight is 359 g/mol. The molecule has 3 rings (SSSR count). The van der Waals surface area contributed by atoms with Gasteiger partial charge in [-0.1, -0.05) is 29.8 Å². The lowest BCUT2D eigenvalue weighted by Gasteiger charge is -2.12. The van der Waals surface area contributed by atoms with E-state index in [-0.39, 0.29) is 4.90 Å². The number of aromatic nitrogens is 1. The first-order chi connectivity index (χ1) is 11.5. The van der Waals surface area contributed by atoms with E-state index in [1.165, 1.54) is 12.1 Å². The van der Waals surface area contributed by atoms with Crippen LogP contribution in [0.3, 0.4) is 0 Å². The molecule has 0 aliphatic rings. The van der Waals surface area contributed by atoms with Gasteiger partial charge in [-0.15, -0.1) is 0 Å². The molecular formula is C18H15ClN2O2S. The quantitative estimate of drug-likeness (QED) is 0.746. The lowest BCUT2D eigenvalue weighted by molar-refractivity contribution is 0.601. The predicted molar refractivity (Wildman–Crippen MR) is 96.7 cm³/mol. The van der Waals surface area contributed by atoms with E-state index in [1.54, 1.807) is 30.6 Å². The van der Waals surface area contributed by atoms with E-state index in [0.717, 1.165) is 16.7 Å². The molecule has 0 spiro atoms. The Morgan fingerprint density at radius 3 is 2.42 bits per heavy atom. The van der Waals surface area contributed by atoms with Crippen LogP contribution >= 0.6 is 11.6 Å². The molecule has 3 aromatic rings. The number of hydrogen-bond donors (Lipinski definition) is 1. The fourth-order valence-corrected chi connectivity index (χ4v) is 3.51. The number of anilines is 1. The van der Waals surface area contributed by atoms with E-state index in [0.29, 0.717) is 10.7 Å². The number of nitrogens with one attached hydrogen (secondary N) is 1. The van der Waals surface area contributed by atoms with Crippen LogP contribution in [-0.4, -0.2) is 13.4 Å². The van der Waals surface area contributed by atoms with Gasteiger partial charge in [-0.3, -0.25) is 9.71 Å². The van der Waals surface area contributed by atoms with Gasteiger partial charge in [0, 0.05) is 23.0 Å². The first-order valence-electron chi connectivity index (χ1n) is 7.25. The van der Waals surface area contributed by atoms with Gasteiger partial charge in [0.05, 0.1) is 10.6 Å². The van der Waals surface area contributed by atoms with E-state index in [4.69, 9.17) is 11.6 Å². The Labute approximate surface area is 146 Å². The number of pyridine rings is 1. The molecule has 24 heavy (non-hydrogen) atoms. The molecule has 0 saturated heterocycles. The van der Waals surface area contributed by atoms with Crippen molar-refractivity contribution in [1.82, 2.24) is 4.98 Å². The molecule has 4 nitrogen and oxygen atoms in total. The van der Waals surface area contributed by atoms with Crippen molar-refractivity contribution in [3.05, 3.63) is 77.6 Å². The zero-order chi connectivity index (χ0) is 17.2. The minimum atomic E-state index is -3.68. The summed E-state index contributed by atoms with van der Waals surface area (Å²) in [5.41, 5.74) is 3.18. The second-order valence-corrected chi connectivity index (χ2v) is 7.45. The number of benzene rings is 2. The fourth-order valence-electron chi connectivity index (χ4n) is 2.26. The van der Waals surface area contributed by atoms with Crippen molar-refractivity contribution in [2.24, 2.45) is 0 Å². The highest BCUT2D eigenvalue weighted by Gasteiger charge is 2.15. The molecule has 122 valence electrons. The summed E-state index contributed by atoms with van der Waals surface area (Å²) in [4.78, 5) is 4.26. The zero-order valence-corrected chi connectivity index (χ0v) is 14.5. The van der Waals surface area contributed by atoms with Crippen LogP contribution in [0.1, 0.15) is 5.56 Å². The number of halogens is 1. The van der Waals surface area contributed by atoms with Crippen LogP contribution in [0, 0.1) is 6.92 Å². The summed E-state index contributed by atoms with van der Waals surface area (Å²) in [6.07, 6.45) is 3.43. The maximum atomic E-state index is 12.5. The minimum Gasteiger partial charge on any atom is -0.279 e. The van der Waals surface area contributed by atoms with E-state index >= 15 is 0 Å². The van der Waals surface area contributed by atoms with Gasteiger partial charge in [-0.2, -0.15) is 0 Å². The standard InChI is InChI=1S/C18H15ClN2O2S/c1-13-4-5-14(15-3-2-10-20-12-15)11-18(13)21-24(22,23)17-8-6-16(19)7-9-17/h2-12,21H,1H3. The molecule has 1 N–H and O–H groups in total. The summed E-state index contributed by atoms with van der Waals surface area (Å²) < 4.78 is 27.7. The molecule has 6 heteroatoms. The van der Waals surface area contributed by atoms with Crippen molar-refractivity contribution < 1.29 is 8.42 Å². The molecule has 2 aromatic carbocycles. The Morgan fingerprint density at radius 1 is 1.00 bits per heavy atom. The summed E-state index contributed by atoms with van der Waals surface area (Å²) in [5.74, 6) is 0. The highest BCUT2D eigenvalue weighted by Crippen LogP contribution is 2.27. The smallest absolute Gasteiger partial charge is 0.261 e. The molecule has 1 aromatic heterocycles. The highest BCUT2D eigenvalue weighted by molar-refractivity contribution is 7.92. The summed E-state index contributed by atoms with van der Waals surface area (Å²) in [7, 11) is -3.68. The number of hydrogen-bond acceptors (Lipinski definition) is 3. The second kappa shape index (κ2) is 6.63. The van der Waals surface area contributed by atoms with Crippen molar-refractivity contribution in [2.45, 2.75) is 11.8 Å². The Morgan fingerprint density at radius 2 is 1.75 bits per heavy atom. The van der Waals surface area contributed by atoms with Gasteiger partial charge in [0.1, 0.15) is 0 Å². The maximum Gasteiger partial charge on any atom is 0.261 e. The van der Waals surface area contributed by atoms with Gasteiger partial charge in [-0.25, -0.2) is 8.42 Å². The van der Waals surface area contributed by atoms with Gasteiger partial charge >= 0.3 is 0 Å². The topological polar surface area (TPSA) is 59.1 Å². The molecule has 0 aliphatic carbocycles. The van der Waals surface area contributed by atoms with Crippen molar-refractivity contribution in [1.29, 1.82) is 0 Å². The van der Waals surface area contributed by atoms with Crippen molar-refractivity contribution in [2.75, 3.05) is 4.72 Å². The first kappa shape index (κ1) is 16.5. The van der Waals surface area contributed by atoms with Gasteiger partial charge in [-0.05, 0) is 54.4 Å². The molecule has 0 aliphatic heterocycles. The van der Waals surface area contributed by atoms with E-state index in [1.807, 2.05) is 31.2 Å². The van der Waals surface area contributed by atoms with Gasteiger partial charge in [0.25, 0.3) is 10.0 Å². The van der Waals surface area contributed by atoms with Crippen LogP contribution < -0.4 is 4.72 Å². The minimum absolute atomic E-state index is 0.165. The molecule has 0 amide bonds. The second-order valence-electron chi connectivity index (χ2n) is 5.33. The molecule has 0 bridgehead atoms. The fraction of sp³-hybridized carbons (Fsp3) is 0.0556.